The minimum absolute atomic E-state index is 0.0904. The number of carbonyl (C=O) groups is 1. The molecule has 2 aromatic rings. The first-order valence-corrected chi connectivity index (χ1v) is 6.81. The Morgan fingerprint density at radius 3 is 2.32 bits per heavy atom. The molecule has 2 aromatic carbocycles. The van der Waals surface area contributed by atoms with Gasteiger partial charge in [-0.15, -0.1) is 0 Å². The van der Waals surface area contributed by atoms with Crippen molar-refractivity contribution in [1.29, 1.82) is 0 Å². The number of carbonyl (C=O) groups excluding carboxylic acids is 1. The van der Waals surface area contributed by atoms with Crippen molar-refractivity contribution in [3.63, 3.8) is 0 Å². The van der Waals surface area contributed by atoms with Crippen LogP contribution < -0.4 is 0 Å². The zero-order chi connectivity index (χ0) is 13.8. The van der Waals surface area contributed by atoms with Crippen molar-refractivity contribution in [1.82, 2.24) is 0 Å². The number of benzene rings is 2. The Balaban J connectivity index is 2.17. The first-order chi connectivity index (χ1) is 9.06. The lowest BCUT2D eigenvalue weighted by atomic mass is 9.98. The molecule has 0 aliphatic heterocycles. The summed E-state index contributed by atoms with van der Waals surface area (Å²) in [6.45, 7) is 3.87. The molecule has 0 saturated heterocycles. The molecule has 0 heterocycles. The van der Waals surface area contributed by atoms with Gasteiger partial charge < -0.3 is 0 Å². The minimum Gasteiger partial charge on any atom is -0.299 e. The van der Waals surface area contributed by atoms with Gasteiger partial charge in [0.05, 0.1) is 0 Å². The van der Waals surface area contributed by atoms with Gasteiger partial charge in [-0.25, -0.2) is 0 Å². The van der Waals surface area contributed by atoms with E-state index in [4.69, 9.17) is 11.6 Å². The fourth-order valence-electron chi connectivity index (χ4n) is 1.89. The molecule has 0 fully saturated rings. The van der Waals surface area contributed by atoms with E-state index in [9.17, 15) is 4.79 Å². The molecular formula is C17H17ClO. The number of rotatable bonds is 4. The maximum atomic E-state index is 11.7. The summed E-state index contributed by atoms with van der Waals surface area (Å²) in [7, 11) is 0. The largest absolute Gasteiger partial charge is 0.299 e. The summed E-state index contributed by atoms with van der Waals surface area (Å²) in [5, 5.41) is 0.733. The van der Waals surface area contributed by atoms with Gasteiger partial charge in [-0.1, -0.05) is 61.8 Å². The molecule has 1 nitrogen and oxygen atoms in total. The normalized spacial score (nSPS) is 10.7. The van der Waals surface area contributed by atoms with E-state index in [0.717, 1.165) is 21.7 Å². The number of Topliss-reactive ketones (excluding diaryl/α,β-unsaturated/α-hetero) is 1. The Morgan fingerprint density at radius 1 is 1.05 bits per heavy atom. The average Bonchev–Trinajstić information content (AvgIpc) is 2.39. The van der Waals surface area contributed by atoms with Crippen LogP contribution in [0.15, 0.2) is 48.5 Å². The molecule has 0 aliphatic rings. The van der Waals surface area contributed by atoms with Gasteiger partial charge >= 0.3 is 0 Å². The van der Waals surface area contributed by atoms with Crippen LogP contribution in [-0.4, -0.2) is 5.78 Å². The third-order valence-electron chi connectivity index (χ3n) is 3.13. The molecule has 19 heavy (non-hydrogen) atoms. The van der Waals surface area contributed by atoms with Crippen LogP contribution in [0.4, 0.5) is 0 Å². The molecule has 0 aromatic heterocycles. The third-order valence-corrected chi connectivity index (χ3v) is 3.37. The standard InChI is InChI=1S/C17H17ClO/c1-12(2)17(19)10-13-6-8-14(9-7-13)15-4-3-5-16(18)11-15/h3-9,11-12H,10H2,1-2H3. The quantitative estimate of drug-likeness (QED) is 0.783. The van der Waals surface area contributed by atoms with Crippen LogP contribution in [0.2, 0.25) is 5.02 Å². The number of hydrogen-bond acceptors (Lipinski definition) is 1. The zero-order valence-electron chi connectivity index (χ0n) is 11.2. The van der Waals surface area contributed by atoms with E-state index >= 15 is 0 Å². The first-order valence-electron chi connectivity index (χ1n) is 6.44. The van der Waals surface area contributed by atoms with Crippen LogP contribution >= 0.6 is 11.6 Å². The van der Waals surface area contributed by atoms with Crippen LogP contribution in [0, 0.1) is 5.92 Å². The molecule has 0 N–H and O–H groups in total. The van der Waals surface area contributed by atoms with Crippen LogP contribution in [0.1, 0.15) is 19.4 Å². The molecule has 0 bridgehead atoms. The molecule has 2 heteroatoms. The second-order valence-electron chi connectivity index (χ2n) is 5.01. The van der Waals surface area contributed by atoms with E-state index in [2.05, 4.69) is 0 Å². The van der Waals surface area contributed by atoms with E-state index in [1.165, 1.54) is 0 Å². The predicted octanol–water partition coefficient (Wildman–Crippen LogP) is 4.77. The number of halogens is 1. The van der Waals surface area contributed by atoms with E-state index in [-0.39, 0.29) is 11.7 Å². The van der Waals surface area contributed by atoms with Gasteiger partial charge in [-0.3, -0.25) is 4.79 Å². The van der Waals surface area contributed by atoms with Crippen molar-refractivity contribution in [3.05, 3.63) is 59.1 Å². The summed E-state index contributed by atoms with van der Waals surface area (Å²) in [6.07, 6.45) is 0.507. The molecule has 0 aliphatic carbocycles. The lowest BCUT2D eigenvalue weighted by Gasteiger charge is -2.06. The van der Waals surface area contributed by atoms with Crippen molar-refractivity contribution in [2.24, 2.45) is 5.92 Å². The molecule has 98 valence electrons. The summed E-state index contributed by atoms with van der Waals surface area (Å²) in [5.41, 5.74) is 3.27. The molecule has 2 rings (SSSR count). The minimum atomic E-state index is 0.0904. The highest BCUT2D eigenvalue weighted by molar-refractivity contribution is 6.30. The lowest BCUT2D eigenvalue weighted by molar-refractivity contribution is -0.121. The molecule has 0 radical (unpaired) electrons. The van der Waals surface area contributed by atoms with Crippen molar-refractivity contribution in [3.8, 4) is 11.1 Å². The second kappa shape index (κ2) is 6.03. The lowest BCUT2D eigenvalue weighted by Crippen LogP contribution is -2.09. The summed E-state index contributed by atoms with van der Waals surface area (Å²) in [6, 6.07) is 15.9. The fourth-order valence-corrected chi connectivity index (χ4v) is 2.08. The van der Waals surface area contributed by atoms with E-state index in [1.54, 1.807) is 0 Å². The smallest absolute Gasteiger partial charge is 0.139 e. The zero-order valence-corrected chi connectivity index (χ0v) is 11.9. The Hall–Kier alpha value is -1.60. The molecular weight excluding hydrogens is 256 g/mol. The van der Waals surface area contributed by atoms with Gasteiger partial charge in [0.2, 0.25) is 0 Å². The van der Waals surface area contributed by atoms with Crippen molar-refractivity contribution >= 4 is 17.4 Å². The SMILES string of the molecule is CC(C)C(=O)Cc1ccc(-c2cccc(Cl)c2)cc1. The highest BCUT2D eigenvalue weighted by Crippen LogP contribution is 2.23. The third kappa shape index (κ3) is 3.68. The first kappa shape index (κ1) is 13.8. The Labute approximate surface area is 119 Å². The summed E-state index contributed by atoms with van der Waals surface area (Å²) in [4.78, 5) is 11.7. The predicted molar refractivity (Wildman–Crippen MR) is 80.4 cm³/mol. The molecule has 0 amide bonds. The van der Waals surface area contributed by atoms with E-state index in [0.29, 0.717) is 6.42 Å². The van der Waals surface area contributed by atoms with Crippen molar-refractivity contribution < 1.29 is 4.79 Å². The Morgan fingerprint density at radius 2 is 1.74 bits per heavy atom. The fraction of sp³-hybridized carbons (Fsp3) is 0.235. The number of hydrogen-bond donors (Lipinski definition) is 0. The Kier molecular flexibility index (Phi) is 4.39. The van der Waals surface area contributed by atoms with Gasteiger partial charge in [0.15, 0.2) is 0 Å². The van der Waals surface area contributed by atoms with Gasteiger partial charge in [0.1, 0.15) is 5.78 Å². The van der Waals surface area contributed by atoms with Crippen molar-refractivity contribution in [2.45, 2.75) is 20.3 Å². The van der Waals surface area contributed by atoms with Crippen LogP contribution in [0.25, 0.3) is 11.1 Å². The highest BCUT2D eigenvalue weighted by atomic mass is 35.5. The van der Waals surface area contributed by atoms with E-state index in [1.807, 2.05) is 62.4 Å². The van der Waals surface area contributed by atoms with Crippen molar-refractivity contribution in [2.75, 3.05) is 0 Å². The van der Waals surface area contributed by atoms with Crippen LogP contribution in [0.5, 0.6) is 0 Å². The van der Waals surface area contributed by atoms with Gasteiger partial charge in [0.25, 0.3) is 0 Å². The van der Waals surface area contributed by atoms with Gasteiger partial charge in [-0.05, 0) is 28.8 Å². The Bertz CT molecular complexity index is 570. The molecule has 0 unspecified atom stereocenters. The maximum Gasteiger partial charge on any atom is 0.139 e. The summed E-state index contributed by atoms with van der Waals surface area (Å²) < 4.78 is 0. The van der Waals surface area contributed by atoms with Crippen LogP contribution in [-0.2, 0) is 11.2 Å². The average molecular weight is 273 g/mol. The monoisotopic (exact) mass is 272 g/mol. The molecule has 0 spiro atoms. The van der Waals surface area contributed by atoms with Gasteiger partial charge in [0, 0.05) is 17.4 Å². The number of ketones is 1. The maximum absolute atomic E-state index is 11.7. The van der Waals surface area contributed by atoms with Gasteiger partial charge in [-0.2, -0.15) is 0 Å². The second-order valence-corrected chi connectivity index (χ2v) is 5.44. The summed E-state index contributed by atoms with van der Waals surface area (Å²) in [5.74, 6) is 0.364. The molecule has 0 atom stereocenters. The summed E-state index contributed by atoms with van der Waals surface area (Å²) >= 11 is 5.99. The molecule has 0 saturated carbocycles. The van der Waals surface area contributed by atoms with E-state index < -0.39 is 0 Å². The topological polar surface area (TPSA) is 17.1 Å². The van der Waals surface area contributed by atoms with Crippen LogP contribution in [0.3, 0.4) is 0 Å². The highest BCUT2D eigenvalue weighted by Gasteiger charge is 2.08.